The Kier molecular flexibility index (Phi) is 3.51. The van der Waals surface area contributed by atoms with E-state index in [9.17, 15) is 18.1 Å². The first-order valence-electron chi connectivity index (χ1n) is 3.41. The lowest BCUT2D eigenvalue weighted by Crippen LogP contribution is -2.48. The first-order valence-corrected chi connectivity index (χ1v) is 3.41. The van der Waals surface area contributed by atoms with Crippen molar-refractivity contribution in [3.63, 3.8) is 0 Å². The molecule has 0 aromatic rings. The summed E-state index contributed by atoms with van der Waals surface area (Å²) in [5.41, 5.74) is 0. The summed E-state index contributed by atoms with van der Waals surface area (Å²) < 4.78 is 36.7. The molecule has 1 N–H and O–H groups in total. The SMILES string of the molecule is CC[C@@H](C)[C@@](F)(C(=O)O)N(F)F. The highest BCUT2D eigenvalue weighted by Crippen LogP contribution is 2.30. The summed E-state index contributed by atoms with van der Waals surface area (Å²) in [5.74, 6) is -7.00. The molecule has 0 aliphatic rings. The predicted molar refractivity (Wildman–Crippen MR) is 35.0 cm³/mol. The quantitative estimate of drug-likeness (QED) is 0.536. The molecule has 0 aliphatic heterocycles. The number of alkyl halides is 1. The second kappa shape index (κ2) is 3.75. The molecule has 0 saturated carbocycles. The van der Waals surface area contributed by atoms with Gasteiger partial charge in [-0.05, 0) is 6.42 Å². The van der Waals surface area contributed by atoms with Crippen molar-refractivity contribution in [2.75, 3.05) is 0 Å². The van der Waals surface area contributed by atoms with Gasteiger partial charge in [-0.15, -0.1) is 0 Å². The molecule has 0 spiro atoms. The van der Waals surface area contributed by atoms with Crippen LogP contribution in [0.15, 0.2) is 0 Å². The third-order valence-corrected chi connectivity index (χ3v) is 1.81. The second-order valence-corrected chi connectivity index (χ2v) is 2.52. The van der Waals surface area contributed by atoms with Crippen LogP contribution in [0.4, 0.5) is 13.4 Å². The van der Waals surface area contributed by atoms with Gasteiger partial charge in [0, 0.05) is 5.92 Å². The molecule has 12 heavy (non-hydrogen) atoms. The highest BCUT2D eigenvalue weighted by Gasteiger charge is 2.51. The number of aliphatic carboxylic acids is 1. The monoisotopic (exact) mass is 185 g/mol. The van der Waals surface area contributed by atoms with Crippen molar-refractivity contribution >= 4 is 5.97 Å². The molecule has 0 heterocycles. The first-order chi connectivity index (χ1) is 5.37. The van der Waals surface area contributed by atoms with E-state index in [-0.39, 0.29) is 6.42 Å². The summed E-state index contributed by atoms with van der Waals surface area (Å²) in [6.45, 7) is 2.55. The van der Waals surface area contributed by atoms with E-state index < -0.39 is 23.0 Å². The van der Waals surface area contributed by atoms with E-state index in [2.05, 4.69) is 0 Å². The van der Waals surface area contributed by atoms with Crippen LogP contribution in [0.25, 0.3) is 0 Å². The lowest BCUT2D eigenvalue weighted by atomic mass is 9.97. The zero-order valence-corrected chi connectivity index (χ0v) is 6.72. The highest BCUT2D eigenvalue weighted by molar-refractivity contribution is 5.76. The van der Waals surface area contributed by atoms with Crippen LogP contribution in [0, 0.1) is 5.92 Å². The lowest BCUT2D eigenvalue weighted by Gasteiger charge is -2.25. The topological polar surface area (TPSA) is 40.5 Å². The lowest BCUT2D eigenvalue weighted by molar-refractivity contribution is -0.290. The van der Waals surface area contributed by atoms with Gasteiger partial charge >= 0.3 is 11.8 Å². The van der Waals surface area contributed by atoms with Crippen LogP contribution in [0.5, 0.6) is 0 Å². The van der Waals surface area contributed by atoms with Crippen molar-refractivity contribution in [1.29, 1.82) is 0 Å². The summed E-state index contributed by atoms with van der Waals surface area (Å²) in [6, 6.07) is 0. The van der Waals surface area contributed by atoms with Crippen molar-refractivity contribution in [1.82, 2.24) is 5.34 Å². The number of hydrogen-bond donors (Lipinski definition) is 1. The Morgan fingerprint density at radius 1 is 1.67 bits per heavy atom. The molecule has 0 rings (SSSR count). The van der Waals surface area contributed by atoms with Gasteiger partial charge in [-0.1, -0.05) is 22.8 Å². The fourth-order valence-electron chi connectivity index (χ4n) is 0.720. The molecule has 0 radical (unpaired) electrons. The maximum Gasteiger partial charge on any atom is 0.362 e. The van der Waals surface area contributed by atoms with Gasteiger partial charge in [-0.3, -0.25) is 0 Å². The van der Waals surface area contributed by atoms with E-state index in [4.69, 9.17) is 5.11 Å². The van der Waals surface area contributed by atoms with E-state index in [0.29, 0.717) is 0 Å². The normalized spacial score (nSPS) is 18.8. The van der Waals surface area contributed by atoms with Gasteiger partial charge in [-0.2, -0.15) is 0 Å². The van der Waals surface area contributed by atoms with E-state index in [1.54, 1.807) is 0 Å². The summed E-state index contributed by atoms with van der Waals surface area (Å²) in [4.78, 5) is 10.2. The molecule has 0 aliphatic carbocycles. The van der Waals surface area contributed by atoms with Crippen molar-refractivity contribution in [3.8, 4) is 0 Å². The Bertz CT molecular complexity index is 176. The molecule has 0 fully saturated rings. The van der Waals surface area contributed by atoms with Gasteiger partial charge in [0.2, 0.25) is 0 Å². The van der Waals surface area contributed by atoms with E-state index in [1.165, 1.54) is 6.92 Å². The standard InChI is InChI=1S/C6H10F3NO2/c1-3-4(2)6(7,5(11)12)10(8)9/h4H,3H2,1-2H3,(H,11,12)/t4-,6+/m1/s1. The number of halogens is 3. The minimum atomic E-state index is -3.57. The second-order valence-electron chi connectivity index (χ2n) is 2.52. The van der Waals surface area contributed by atoms with Crippen molar-refractivity contribution < 1.29 is 23.3 Å². The Morgan fingerprint density at radius 3 is 2.17 bits per heavy atom. The van der Waals surface area contributed by atoms with Gasteiger partial charge in [-0.25, -0.2) is 9.18 Å². The van der Waals surface area contributed by atoms with Crippen LogP contribution in [0.2, 0.25) is 0 Å². The van der Waals surface area contributed by atoms with Gasteiger partial charge < -0.3 is 5.11 Å². The average molecular weight is 185 g/mol. The van der Waals surface area contributed by atoms with Crippen molar-refractivity contribution in [2.24, 2.45) is 5.92 Å². The molecule has 3 nitrogen and oxygen atoms in total. The Balaban J connectivity index is 4.74. The minimum absolute atomic E-state index is 0.0210. The highest BCUT2D eigenvalue weighted by atomic mass is 19.4. The van der Waals surface area contributed by atoms with E-state index >= 15 is 0 Å². The maximum absolute atomic E-state index is 13.0. The van der Waals surface area contributed by atoms with Crippen LogP contribution in [0.3, 0.4) is 0 Å². The van der Waals surface area contributed by atoms with Crippen molar-refractivity contribution in [2.45, 2.75) is 26.1 Å². The van der Waals surface area contributed by atoms with E-state index in [1.807, 2.05) is 0 Å². The van der Waals surface area contributed by atoms with Gasteiger partial charge in [0.05, 0.1) is 5.34 Å². The zero-order chi connectivity index (χ0) is 9.94. The zero-order valence-electron chi connectivity index (χ0n) is 6.72. The Morgan fingerprint density at radius 2 is 2.08 bits per heavy atom. The number of carbonyl (C=O) groups is 1. The van der Waals surface area contributed by atoms with Crippen molar-refractivity contribution in [3.05, 3.63) is 0 Å². The predicted octanol–water partition coefficient (Wildman–Crippen LogP) is 1.85. The minimum Gasteiger partial charge on any atom is -0.478 e. The van der Waals surface area contributed by atoms with Gasteiger partial charge in [0.1, 0.15) is 0 Å². The molecule has 0 aromatic heterocycles. The summed E-state index contributed by atoms with van der Waals surface area (Å²) in [5, 5.41) is 6.31. The molecule has 72 valence electrons. The number of carboxylic acid groups (broad SMARTS) is 1. The van der Waals surface area contributed by atoms with Crippen LogP contribution in [-0.2, 0) is 4.79 Å². The van der Waals surface area contributed by atoms with Gasteiger partial charge in [0.15, 0.2) is 0 Å². The van der Waals surface area contributed by atoms with Crippen LogP contribution >= 0.6 is 0 Å². The average Bonchev–Trinajstić information content (AvgIpc) is 2.00. The Hall–Kier alpha value is -0.780. The third kappa shape index (κ3) is 1.69. The summed E-state index contributed by atoms with van der Waals surface area (Å²) in [7, 11) is 0. The fraction of sp³-hybridized carbons (Fsp3) is 0.833. The fourth-order valence-corrected chi connectivity index (χ4v) is 0.720. The van der Waals surface area contributed by atoms with Crippen LogP contribution in [-0.4, -0.2) is 22.2 Å². The number of carboxylic acids is 1. The van der Waals surface area contributed by atoms with Crippen LogP contribution in [0.1, 0.15) is 20.3 Å². The van der Waals surface area contributed by atoms with Crippen LogP contribution < -0.4 is 0 Å². The van der Waals surface area contributed by atoms with Gasteiger partial charge in [0.25, 0.3) is 0 Å². The summed E-state index contributed by atoms with van der Waals surface area (Å²) >= 11 is 0. The first kappa shape index (κ1) is 11.2. The molecular formula is C6H10F3NO2. The molecule has 2 atom stereocenters. The molecule has 0 unspecified atom stereocenters. The number of hydrogen-bond acceptors (Lipinski definition) is 2. The van der Waals surface area contributed by atoms with E-state index in [0.717, 1.165) is 6.92 Å². The summed E-state index contributed by atoms with van der Waals surface area (Å²) in [6.07, 6.45) is 0.0210. The Labute approximate surface area is 67.6 Å². The molecule has 0 saturated heterocycles. The smallest absolute Gasteiger partial charge is 0.362 e. The maximum atomic E-state index is 13.0. The number of nitrogens with zero attached hydrogens (tertiary/aromatic N) is 1. The number of rotatable bonds is 4. The molecular weight excluding hydrogens is 175 g/mol. The molecule has 0 amide bonds. The molecule has 6 heteroatoms. The molecule has 0 bridgehead atoms. The third-order valence-electron chi connectivity index (χ3n) is 1.81. The largest absolute Gasteiger partial charge is 0.478 e. The molecule has 0 aromatic carbocycles.